The molecule has 1 N–H and O–H groups in total. The van der Waals surface area contributed by atoms with Crippen molar-refractivity contribution in [1.82, 2.24) is 15.0 Å². The van der Waals surface area contributed by atoms with E-state index in [1.165, 1.54) is 0 Å². The molecule has 2 aromatic rings. The molecule has 1 unspecified atom stereocenters. The summed E-state index contributed by atoms with van der Waals surface area (Å²) >= 11 is 12.1. The number of aliphatic imine (C=N–C) groups is 1. The lowest BCUT2D eigenvalue weighted by Gasteiger charge is -2.13. The van der Waals surface area contributed by atoms with Crippen molar-refractivity contribution in [2.45, 2.75) is 39.8 Å². The highest BCUT2D eigenvalue weighted by Crippen LogP contribution is 2.28. The molecule has 0 spiro atoms. The number of aromatic nitrogens is 3. The molecule has 1 aromatic heterocycles. The van der Waals surface area contributed by atoms with Gasteiger partial charge in [-0.1, -0.05) is 35.3 Å². The fourth-order valence-corrected chi connectivity index (χ4v) is 3.19. The Kier molecular flexibility index (Phi) is 6.29. The largest absolute Gasteiger partial charge is 0.486 e. The lowest BCUT2D eigenvalue weighted by Crippen LogP contribution is -2.16. The number of allylic oxidation sites excluding steroid dienone is 1. The number of nitrogens with zero attached hydrogens (tertiary/aromatic N) is 4. The molecule has 0 radical (unpaired) electrons. The van der Waals surface area contributed by atoms with E-state index in [2.05, 4.69) is 22.2 Å². The Morgan fingerprint density at radius 3 is 2.93 bits per heavy atom. The van der Waals surface area contributed by atoms with Crippen LogP contribution in [0.15, 0.2) is 41.2 Å². The summed E-state index contributed by atoms with van der Waals surface area (Å²) < 4.78 is 7.37. The van der Waals surface area contributed by atoms with E-state index in [1.807, 2.05) is 6.92 Å². The van der Waals surface area contributed by atoms with Crippen LogP contribution in [0.1, 0.15) is 32.4 Å². The van der Waals surface area contributed by atoms with Crippen LogP contribution >= 0.6 is 23.2 Å². The van der Waals surface area contributed by atoms with Crippen molar-refractivity contribution in [2.24, 2.45) is 10.9 Å². The Morgan fingerprint density at radius 1 is 1.33 bits per heavy atom. The fraction of sp³-hybridized carbons (Fsp3) is 0.368. The Hall–Kier alpha value is -2.18. The van der Waals surface area contributed by atoms with Crippen LogP contribution < -0.4 is 4.74 Å². The topological polar surface area (TPSA) is 76.2 Å². The van der Waals surface area contributed by atoms with Gasteiger partial charge in [-0.25, -0.2) is 4.68 Å². The molecule has 0 fully saturated rings. The van der Waals surface area contributed by atoms with Gasteiger partial charge in [0.15, 0.2) is 0 Å². The molecule has 142 valence electrons. The van der Waals surface area contributed by atoms with Crippen molar-refractivity contribution in [3.8, 4) is 5.75 Å². The Morgan fingerprint density at radius 2 is 2.15 bits per heavy atom. The van der Waals surface area contributed by atoms with Crippen LogP contribution in [-0.2, 0) is 13.2 Å². The van der Waals surface area contributed by atoms with Gasteiger partial charge in [-0.2, -0.15) is 0 Å². The molecule has 1 aliphatic rings. The molecule has 0 saturated carbocycles. The Bertz CT molecular complexity index is 903. The number of hydrogen-bond donors (Lipinski definition) is 1. The predicted molar refractivity (Wildman–Crippen MR) is 108 cm³/mol. The van der Waals surface area contributed by atoms with Gasteiger partial charge in [0.25, 0.3) is 0 Å². The van der Waals surface area contributed by atoms with Crippen LogP contribution in [-0.4, -0.2) is 26.4 Å². The first-order valence-electron chi connectivity index (χ1n) is 8.74. The van der Waals surface area contributed by atoms with E-state index in [0.29, 0.717) is 46.1 Å². The zero-order valence-corrected chi connectivity index (χ0v) is 16.8. The fourth-order valence-electron chi connectivity index (χ4n) is 2.86. The molecule has 2 heterocycles. The third-order valence-electron chi connectivity index (χ3n) is 4.53. The molecule has 1 aromatic carbocycles. The van der Waals surface area contributed by atoms with Crippen molar-refractivity contribution in [3.63, 3.8) is 0 Å². The maximum Gasteiger partial charge on any atom is 0.139 e. The average molecular weight is 406 g/mol. The van der Waals surface area contributed by atoms with Crippen molar-refractivity contribution in [1.29, 1.82) is 5.41 Å². The second kappa shape index (κ2) is 8.67. The molecular formula is C19H21Cl2N5O. The van der Waals surface area contributed by atoms with Gasteiger partial charge in [-0.15, -0.1) is 5.10 Å². The lowest BCUT2D eigenvalue weighted by atomic mass is 9.93. The molecule has 6 nitrogen and oxygen atoms in total. The minimum Gasteiger partial charge on any atom is -0.486 e. The van der Waals surface area contributed by atoms with Crippen LogP contribution in [0.4, 0.5) is 0 Å². The minimum absolute atomic E-state index is 0.228. The Labute approximate surface area is 168 Å². The SMILES string of the molecule is CCC1CC(=N)C(Cn2cc(COc3cc(Cl)ccc3Cl)nn2)=CN=C1C. The molecule has 0 bridgehead atoms. The Balaban J connectivity index is 1.64. The summed E-state index contributed by atoms with van der Waals surface area (Å²) in [5.41, 5.74) is 3.18. The van der Waals surface area contributed by atoms with Gasteiger partial charge in [0.2, 0.25) is 0 Å². The van der Waals surface area contributed by atoms with Crippen LogP contribution in [0.2, 0.25) is 10.0 Å². The third kappa shape index (κ3) is 4.96. The van der Waals surface area contributed by atoms with Crippen molar-refractivity contribution < 1.29 is 4.74 Å². The van der Waals surface area contributed by atoms with E-state index >= 15 is 0 Å². The monoisotopic (exact) mass is 405 g/mol. The van der Waals surface area contributed by atoms with Crippen LogP contribution in [0, 0.1) is 11.3 Å². The molecule has 1 atom stereocenters. The van der Waals surface area contributed by atoms with E-state index in [1.54, 1.807) is 35.3 Å². The lowest BCUT2D eigenvalue weighted by molar-refractivity contribution is 0.301. The molecule has 0 amide bonds. The standard InChI is InChI=1S/C19H21Cl2N5O/c1-3-13-6-18(22)14(8-23-12(13)2)9-26-10-16(24-25-26)11-27-19-7-15(20)4-5-17(19)21/h4-5,7-8,10,13,22H,3,6,9,11H2,1-2H3. The minimum atomic E-state index is 0.228. The first-order chi connectivity index (χ1) is 13.0. The summed E-state index contributed by atoms with van der Waals surface area (Å²) in [4.78, 5) is 4.51. The number of rotatable bonds is 6. The predicted octanol–water partition coefficient (Wildman–Crippen LogP) is 4.96. The highest BCUT2D eigenvalue weighted by atomic mass is 35.5. The third-order valence-corrected chi connectivity index (χ3v) is 5.08. The van der Waals surface area contributed by atoms with E-state index in [4.69, 9.17) is 33.3 Å². The second-order valence-electron chi connectivity index (χ2n) is 6.48. The van der Waals surface area contributed by atoms with Crippen molar-refractivity contribution in [3.05, 3.63) is 51.9 Å². The van der Waals surface area contributed by atoms with Gasteiger partial charge in [0.1, 0.15) is 18.1 Å². The zero-order valence-electron chi connectivity index (χ0n) is 15.2. The van der Waals surface area contributed by atoms with Crippen LogP contribution in [0.3, 0.4) is 0 Å². The summed E-state index contributed by atoms with van der Waals surface area (Å²) in [7, 11) is 0. The normalized spacial score (nSPS) is 17.3. The smallest absolute Gasteiger partial charge is 0.139 e. The van der Waals surface area contributed by atoms with Crippen molar-refractivity contribution >= 4 is 34.6 Å². The molecule has 8 heteroatoms. The van der Waals surface area contributed by atoms with Gasteiger partial charge in [0, 0.05) is 40.2 Å². The van der Waals surface area contributed by atoms with Gasteiger partial charge < -0.3 is 10.1 Å². The summed E-state index contributed by atoms with van der Waals surface area (Å²) in [6.07, 6.45) is 5.26. The van der Waals surface area contributed by atoms with Gasteiger partial charge in [-0.05, 0) is 31.9 Å². The summed E-state index contributed by atoms with van der Waals surface area (Å²) in [6, 6.07) is 5.05. The first kappa shape index (κ1) is 19.6. The second-order valence-corrected chi connectivity index (χ2v) is 7.33. The quantitative estimate of drug-likeness (QED) is 0.737. The first-order valence-corrected chi connectivity index (χ1v) is 9.49. The van der Waals surface area contributed by atoms with Gasteiger partial charge in [0.05, 0.1) is 17.8 Å². The zero-order chi connectivity index (χ0) is 19.4. The summed E-state index contributed by atoms with van der Waals surface area (Å²) in [5, 5.41) is 17.6. The number of nitrogens with one attached hydrogen (secondary N) is 1. The number of halogens is 2. The van der Waals surface area contributed by atoms with Gasteiger partial charge >= 0.3 is 0 Å². The van der Waals surface area contributed by atoms with E-state index in [9.17, 15) is 0 Å². The number of hydrogen-bond acceptors (Lipinski definition) is 5. The van der Waals surface area contributed by atoms with Crippen LogP contribution in [0.25, 0.3) is 0 Å². The molecule has 0 aliphatic carbocycles. The maximum atomic E-state index is 8.35. The summed E-state index contributed by atoms with van der Waals surface area (Å²) in [5.74, 6) is 0.829. The van der Waals surface area contributed by atoms with E-state index in [0.717, 1.165) is 17.7 Å². The molecule has 27 heavy (non-hydrogen) atoms. The molecule has 3 rings (SSSR count). The number of benzene rings is 1. The molecular weight excluding hydrogens is 385 g/mol. The van der Waals surface area contributed by atoms with Crippen molar-refractivity contribution in [2.75, 3.05) is 0 Å². The van der Waals surface area contributed by atoms with Crippen LogP contribution in [0.5, 0.6) is 5.75 Å². The average Bonchev–Trinajstić information content (AvgIpc) is 3.05. The molecule has 0 saturated heterocycles. The van der Waals surface area contributed by atoms with E-state index in [-0.39, 0.29) is 6.61 Å². The summed E-state index contributed by atoms with van der Waals surface area (Å²) in [6.45, 7) is 4.83. The molecule has 1 aliphatic heterocycles. The van der Waals surface area contributed by atoms with E-state index < -0.39 is 0 Å². The maximum absolute atomic E-state index is 8.35. The van der Waals surface area contributed by atoms with Gasteiger partial charge in [-0.3, -0.25) is 4.99 Å². The number of ether oxygens (including phenoxy) is 1. The highest BCUT2D eigenvalue weighted by Gasteiger charge is 2.19. The highest BCUT2D eigenvalue weighted by molar-refractivity contribution is 6.34.